The van der Waals surface area contributed by atoms with Gasteiger partial charge in [0.25, 0.3) is 0 Å². The predicted molar refractivity (Wildman–Crippen MR) is 239 cm³/mol. The fourth-order valence-electron chi connectivity index (χ4n) is 6.93. The summed E-state index contributed by atoms with van der Waals surface area (Å²) in [6, 6.07) is 0.362. The molecule has 0 amide bonds. The summed E-state index contributed by atoms with van der Waals surface area (Å²) < 4.78 is 12.1. The molecule has 0 saturated heterocycles. The van der Waals surface area contributed by atoms with Gasteiger partial charge in [-0.1, -0.05) is 130 Å². The molecule has 0 radical (unpaired) electrons. The number of ether oxygens (including phenoxy) is 2. The zero-order valence-electron chi connectivity index (χ0n) is 37.5. The summed E-state index contributed by atoms with van der Waals surface area (Å²) in [6.07, 6.45) is 35.0. The minimum atomic E-state index is -0.0244. The van der Waals surface area contributed by atoms with Crippen LogP contribution in [0.1, 0.15) is 227 Å². The number of carbonyl (C=O) groups excluding carboxylic acids is 2. The minimum Gasteiger partial charge on any atom is -0.462 e. The summed E-state index contributed by atoms with van der Waals surface area (Å²) in [4.78, 5) is 30.1. The van der Waals surface area contributed by atoms with E-state index in [2.05, 4.69) is 78.3 Å². The first-order valence-electron chi connectivity index (χ1n) is 23.0. The number of hydrogen-bond acceptors (Lipinski definition) is 7. The third-order valence-corrected chi connectivity index (χ3v) is 10.8. The second kappa shape index (κ2) is 44.9. The van der Waals surface area contributed by atoms with E-state index in [1.165, 1.54) is 109 Å². The van der Waals surface area contributed by atoms with Gasteiger partial charge in [-0.15, -0.1) is 0 Å². The Labute approximate surface area is 343 Å². The average molecular weight is 789 g/mol. The van der Waals surface area contributed by atoms with Crippen molar-refractivity contribution < 1.29 is 24.5 Å². The Hall–Kier alpha value is -0.830. The van der Waals surface area contributed by atoms with Gasteiger partial charge in [0.2, 0.25) is 0 Å². The van der Waals surface area contributed by atoms with Crippen molar-refractivity contribution in [2.45, 2.75) is 245 Å². The molecule has 8 heteroatoms. The van der Waals surface area contributed by atoms with E-state index in [1.807, 2.05) is 0 Å². The van der Waals surface area contributed by atoms with Crippen LogP contribution in [-0.2, 0) is 19.1 Å². The number of unbranched alkanes of at least 4 members (excludes halogenated alkanes) is 16. The molecule has 0 heterocycles. The van der Waals surface area contributed by atoms with Crippen molar-refractivity contribution >= 4 is 24.6 Å². The van der Waals surface area contributed by atoms with Crippen molar-refractivity contribution in [3.05, 3.63) is 0 Å². The molecular weight excluding hydrogens is 693 g/mol. The number of hydrogen-bond donors (Lipinski definition) is 1. The molecule has 54 heavy (non-hydrogen) atoms. The third kappa shape index (κ3) is 42.3. The first kappa shape index (κ1) is 57.5. The Morgan fingerprint density at radius 1 is 0.463 bits per heavy atom. The lowest BCUT2D eigenvalue weighted by Crippen LogP contribution is -2.28. The van der Waals surface area contributed by atoms with Crippen molar-refractivity contribution in [1.29, 1.82) is 0 Å². The van der Waals surface area contributed by atoms with Gasteiger partial charge in [0, 0.05) is 18.9 Å². The zero-order valence-corrected chi connectivity index (χ0v) is 38.4. The number of thiol groups is 1. The molecule has 0 aromatic rings. The van der Waals surface area contributed by atoms with Crippen LogP contribution < -0.4 is 0 Å². The Kier molecular flexibility index (Phi) is 47.8. The summed E-state index contributed by atoms with van der Waals surface area (Å²) in [5.74, 6) is 0.949. The van der Waals surface area contributed by atoms with Crippen molar-refractivity contribution in [2.24, 2.45) is 0 Å². The first-order chi connectivity index (χ1) is 25.6. The summed E-state index contributed by atoms with van der Waals surface area (Å²) in [5.41, 5.74) is 0. The van der Waals surface area contributed by atoms with Crippen LogP contribution in [0, 0.1) is 0 Å². The van der Waals surface area contributed by atoms with Crippen molar-refractivity contribution in [1.82, 2.24) is 9.80 Å². The third-order valence-electron chi connectivity index (χ3n) is 10.4. The molecule has 326 valence electrons. The number of carbonyl (C=O) groups is 2. The van der Waals surface area contributed by atoms with Crippen LogP contribution in [0.2, 0.25) is 0 Å². The lowest BCUT2D eigenvalue weighted by molar-refractivity contribution is -0.150. The van der Waals surface area contributed by atoms with Crippen LogP contribution in [0.25, 0.3) is 0 Å². The molecule has 0 aliphatic heterocycles. The van der Waals surface area contributed by atoms with Crippen molar-refractivity contribution in [2.75, 3.05) is 40.5 Å². The van der Waals surface area contributed by atoms with E-state index in [0.29, 0.717) is 18.9 Å². The van der Waals surface area contributed by atoms with Crippen LogP contribution in [0.5, 0.6) is 0 Å². The maximum absolute atomic E-state index is 12.8. The number of nitrogens with zero attached hydrogens (tertiary/aromatic N) is 2. The van der Waals surface area contributed by atoms with Gasteiger partial charge in [0.1, 0.15) is 12.2 Å². The van der Waals surface area contributed by atoms with Gasteiger partial charge in [-0.3, -0.25) is 9.59 Å². The van der Waals surface area contributed by atoms with E-state index in [9.17, 15) is 9.59 Å². The second-order valence-corrected chi connectivity index (χ2v) is 16.8. The minimum absolute atomic E-state index is 0. The van der Waals surface area contributed by atoms with Gasteiger partial charge >= 0.3 is 11.9 Å². The molecule has 0 aromatic heterocycles. The van der Waals surface area contributed by atoms with Gasteiger partial charge in [0.15, 0.2) is 0 Å². The highest BCUT2D eigenvalue weighted by atomic mass is 32.1. The molecule has 0 spiro atoms. The maximum atomic E-state index is 12.8. The summed E-state index contributed by atoms with van der Waals surface area (Å²) in [5, 5.41) is 0. The largest absolute Gasteiger partial charge is 0.462 e. The predicted octanol–water partition coefficient (Wildman–Crippen LogP) is 12.6. The Morgan fingerprint density at radius 3 is 1.02 bits per heavy atom. The topological polar surface area (TPSA) is 90.6 Å². The van der Waals surface area contributed by atoms with Gasteiger partial charge in [-0.25, -0.2) is 0 Å². The fourth-order valence-corrected chi connectivity index (χ4v) is 7.07. The lowest BCUT2D eigenvalue weighted by Gasteiger charge is -2.24. The quantitative estimate of drug-likeness (QED) is 0.0381. The standard InChI is InChI=1S/C41H81NO4.C5H13NS.H2O/c1-7-11-15-19-23-31-38(32-24-20-16-12-8-2)45-40(43)35-27-29-37(42(5)6)30-28-36-41(44)46-39(33-25-21-17-13-9-3)34-26-22-18-14-10-4;1-6(2)4-3-5-7;/h37-39H,7-36H2,1-6H3;7H,3-5H2,1-2H3;1H2. The molecular formula is C46H96N2O5S. The van der Waals surface area contributed by atoms with Crippen molar-refractivity contribution in [3.8, 4) is 0 Å². The molecule has 0 atom stereocenters. The van der Waals surface area contributed by atoms with Crippen LogP contribution in [-0.4, -0.2) is 86.0 Å². The molecule has 0 saturated carbocycles. The summed E-state index contributed by atoms with van der Waals surface area (Å²) in [6.45, 7) is 10.2. The molecule has 0 fully saturated rings. The number of esters is 2. The molecule has 0 aliphatic rings. The molecule has 2 N–H and O–H groups in total. The lowest BCUT2D eigenvalue weighted by atomic mass is 10.0. The Balaban J connectivity index is -0.00000293. The van der Waals surface area contributed by atoms with Gasteiger partial charge in [-0.2, -0.15) is 12.6 Å². The summed E-state index contributed by atoms with van der Waals surface area (Å²) >= 11 is 4.07. The van der Waals surface area contributed by atoms with E-state index in [1.54, 1.807) is 0 Å². The average Bonchev–Trinajstić information content (AvgIpc) is 3.12. The van der Waals surface area contributed by atoms with Gasteiger partial charge in [-0.05, 0) is 124 Å². The maximum Gasteiger partial charge on any atom is 0.306 e. The highest BCUT2D eigenvalue weighted by Gasteiger charge is 2.18. The van der Waals surface area contributed by atoms with Crippen LogP contribution >= 0.6 is 12.6 Å². The molecule has 0 unspecified atom stereocenters. The van der Waals surface area contributed by atoms with E-state index in [-0.39, 0.29) is 29.6 Å². The van der Waals surface area contributed by atoms with E-state index in [4.69, 9.17) is 9.47 Å². The highest BCUT2D eigenvalue weighted by molar-refractivity contribution is 7.80. The van der Waals surface area contributed by atoms with E-state index in [0.717, 1.165) is 89.3 Å². The monoisotopic (exact) mass is 789 g/mol. The SMILES string of the molecule is CCCCCCCC(CCCCCCC)OC(=O)CCCC(CCCC(=O)OC(CCCCCCC)CCCCCCC)N(C)C.CN(C)CCCS.O. The van der Waals surface area contributed by atoms with Gasteiger partial charge < -0.3 is 24.7 Å². The molecule has 7 nitrogen and oxygen atoms in total. The van der Waals surface area contributed by atoms with Crippen LogP contribution in [0.4, 0.5) is 0 Å². The normalized spacial score (nSPS) is 11.4. The van der Waals surface area contributed by atoms with Crippen LogP contribution in [0.15, 0.2) is 0 Å². The van der Waals surface area contributed by atoms with E-state index < -0.39 is 0 Å². The smallest absolute Gasteiger partial charge is 0.306 e. The Bertz CT molecular complexity index is 689. The van der Waals surface area contributed by atoms with Crippen molar-refractivity contribution in [3.63, 3.8) is 0 Å². The fraction of sp³-hybridized carbons (Fsp3) is 0.957. The Morgan fingerprint density at radius 2 is 0.778 bits per heavy atom. The molecule has 0 aromatic carbocycles. The first-order valence-corrected chi connectivity index (χ1v) is 23.6. The molecule has 0 rings (SSSR count). The van der Waals surface area contributed by atoms with Gasteiger partial charge in [0.05, 0.1) is 0 Å². The molecule has 0 aliphatic carbocycles. The zero-order chi connectivity index (χ0) is 39.8. The summed E-state index contributed by atoms with van der Waals surface area (Å²) in [7, 11) is 8.37. The number of rotatable bonds is 38. The van der Waals surface area contributed by atoms with E-state index >= 15 is 0 Å². The molecule has 0 bridgehead atoms. The second-order valence-electron chi connectivity index (χ2n) is 16.3. The highest BCUT2D eigenvalue weighted by Crippen LogP contribution is 2.21. The van der Waals surface area contributed by atoms with Crippen LogP contribution in [0.3, 0.4) is 0 Å².